The molecule has 1 heterocycles. The number of alkyl halides is 1. The van der Waals surface area contributed by atoms with E-state index in [1.165, 1.54) is 5.56 Å². The van der Waals surface area contributed by atoms with Gasteiger partial charge in [0, 0.05) is 44.8 Å². The molecule has 1 saturated heterocycles. The van der Waals surface area contributed by atoms with Crippen LogP contribution >= 0.6 is 0 Å². The first kappa shape index (κ1) is 17.4. The molecule has 24 heavy (non-hydrogen) atoms. The van der Waals surface area contributed by atoms with E-state index in [0.717, 1.165) is 45.6 Å². The maximum absolute atomic E-state index is 12.6. The van der Waals surface area contributed by atoms with E-state index in [1.807, 2.05) is 0 Å². The number of piperazine rings is 1. The van der Waals surface area contributed by atoms with Crippen LogP contribution in [0, 0.1) is 5.92 Å². The van der Waals surface area contributed by atoms with Crippen molar-refractivity contribution in [1.82, 2.24) is 15.1 Å². The summed E-state index contributed by atoms with van der Waals surface area (Å²) < 4.78 is 12.6. The quantitative estimate of drug-likeness (QED) is 0.830. The summed E-state index contributed by atoms with van der Waals surface area (Å²) in [5.41, 5.74) is 1.49. The van der Waals surface area contributed by atoms with Crippen LogP contribution in [0.5, 0.6) is 0 Å². The van der Waals surface area contributed by atoms with Crippen LogP contribution in [0.3, 0.4) is 0 Å². The van der Waals surface area contributed by atoms with E-state index in [9.17, 15) is 9.18 Å². The first-order valence-corrected chi connectivity index (χ1v) is 8.98. The van der Waals surface area contributed by atoms with Gasteiger partial charge >= 0.3 is 0 Å². The van der Waals surface area contributed by atoms with Gasteiger partial charge in [0.05, 0.1) is 5.92 Å². The van der Waals surface area contributed by atoms with Crippen molar-refractivity contribution in [3.8, 4) is 0 Å². The summed E-state index contributed by atoms with van der Waals surface area (Å²) >= 11 is 0. The van der Waals surface area contributed by atoms with E-state index in [2.05, 4.69) is 45.4 Å². The van der Waals surface area contributed by atoms with E-state index in [1.54, 1.807) is 6.92 Å². The van der Waals surface area contributed by atoms with Crippen LogP contribution in [0.4, 0.5) is 4.39 Å². The summed E-state index contributed by atoms with van der Waals surface area (Å²) in [6, 6.07) is 10.6. The standard InChI is InChI=1S/C19H28FN3O/c1-16(13-20)18(24)21-15-19(7-8-19)23-11-9-22(10-12-23)14-17-5-3-2-4-6-17/h2-6,16H,7-15H2,1H3,(H,21,24). The minimum absolute atomic E-state index is 0.129. The van der Waals surface area contributed by atoms with Crippen molar-refractivity contribution in [2.45, 2.75) is 31.8 Å². The zero-order valence-corrected chi connectivity index (χ0v) is 14.5. The Morgan fingerprint density at radius 1 is 1.21 bits per heavy atom. The molecule has 0 bridgehead atoms. The lowest BCUT2D eigenvalue weighted by Gasteiger charge is -2.40. The summed E-state index contributed by atoms with van der Waals surface area (Å²) in [5.74, 6) is -0.699. The third-order valence-electron chi connectivity index (χ3n) is 5.39. The molecular formula is C19H28FN3O. The highest BCUT2D eigenvalue weighted by Crippen LogP contribution is 2.41. The van der Waals surface area contributed by atoms with Crippen molar-refractivity contribution < 1.29 is 9.18 Å². The number of amides is 1. The highest BCUT2D eigenvalue weighted by molar-refractivity contribution is 5.78. The Morgan fingerprint density at radius 2 is 1.88 bits per heavy atom. The molecule has 3 rings (SSSR count). The summed E-state index contributed by atoms with van der Waals surface area (Å²) in [5, 5.41) is 2.95. The molecule has 1 aliphatic carbocycles. The lowest BCUT2D eigenvalue weighted by Crippen LogP contribution is -2.54. The van der Waals surface area contributed by atoms with Crippen molar-refractivity contribution in [1.29, 1.82) is 0 Å². The number of nitrogens with zero attached hydrogens (tertiary/aromatic N) is 2. The lowest BCUT2D eigenvalue weighted by atomic mass is 10.1. The number of carbonyl (C=O) groups is 1. The van der Waals surface area contributed by atoms with Crippen molar-refractivity contribution in [3.63, 3.8) is 0 Å². The average Bonchev–Trinajstić information content (AvgIpc) is 3.41. The topological polar surface area (TPSA) is 35.6 Å². The predicted molar refractivity (Wildman–Crippen MR) is 93.4 cm³/mol. The number of hydrogen-bond acceptors (Lipinski definition) is 3. The highest BCUT2D eigenvalue weighted by Gasteiger charge is 2.48. The molecule has 2 fully saturated rings. The SMILES string of the molecule is CC(CF)C(=O)NCC1(N2CCN(Cc3ccccc3)CC2)CC1. The molecule has 132 valence electrons. The van der Waals surface area contributed by atoms with Gasteiger partial charge in [-0.15, -0.1) is 0 Å². The van der Waals surface area contributed by atoms with Crippen LogP contribution in [0.25, 0.3) is 0 Å². The second-order valence-corrected chi connectivity index (χ2v) is 7.25. The second kappa shape index (κ2) is 7.62. The minimum Gasteiger partial charge on any atom is -0.354 e. The molecule has 4 nitrogen and oxygen atoms in total. The van der Waals surface area contributed by atoms with E-state index in [-0.39, 0.29) is 11.4 Å². The number of carbonyl (C=O) groups excluding carboxylic acids is 1. The summed E-state index contributed by atoms with van der Waals surface area (Å²) in [7, 11) is 0. The van der Waals surface area contributed by atoms with E-state index in [4.69, 9.17) is 0 Å². The van der Waals surface area contributed by atoms with Crippen LogP contribution in [0.1, 0.15) is 25.3 Å². The van der Waals surface area contributed by atoms with Crippen molar-refractivity contribution in [3.05, 3.63) is 35.9 Å². The molecule has 1 saturated carbocycles. The zero-order chi connectivity index (χ0) is 17.0. The van der Waals surface area contributed by atoms with E-state index in [0.29, 0.717) is 6.54 Å². The van der Waals surface area contributed by atoms with E-state index < -0.39 is 12.6 Å². The van der Waals surface area contributed by atoms with Gasteiger partial charge in [0.15, 0.2) is 0 Å². The normalized spacial score (nSPS) is 22.1. The average molecular weight is 333 g/mol. The number of nitrogens with one attached hydrogen (secondary N) is 1. The zero-order valence-electron chi connectivity index (χ0n) is 14.5. The Hall–Kier alpha value is -1.46. The van der Waals surface area contributed by atoms with Gasteiger partial charge in [0.2, 0.25) is 5.91 Å². The molecule has 5 heteroatoms. The molecule has 1 N–H and O–H groups in total. The Bertz CT molecular complexity index is 539. The fourth-order valence-corrected chi connectivity index (χ4v) is 3.47. The maximum atomic E-state index is 12.6. The van der Waals surface area contributed by atoms with Crippen LogP contribution in [-0.2, 0) is 11.3 Å². The molecule has 1 atom stereocenters. The van der Waals surface area contributed by atoms with Gasteiger partial charge < -0.3 is 5.32 Å². The fraction of sp³-hybridized carbons (Fsp3) is 0.632. The maximum Gasteiger partial charge on any atom is 0.225 e. The number of hydrogen-bond donors (Lipinski definition) is 1. The van der Waals surface area contributed by atoms with Crippen LogP contribution < -0.4 is 5.32 Å². The molecule has 1 aliphatic heterocycles. The monoisotopic (exact) mass is 333 g/mol. The number of benzene rings is 1. The van der Waals surface area contributed by atoms with Gasteiger partial charge in [0.25, 0.3) is 0 Å². The van der Waals surface area contributed by atoms with Crippen LogP contribution in [0.2, 0.25) is 0 Å². The largest absolute Gasteiger partial charge is 0.354 e. The number of rotatable bonds is 7. The van der Waals surface area contributed by atoms with Crippen molar-refractivity contribution in [2.75, 3.05) is 39.4 Å². The third kappa shape index (κ3) is 4.14. The minimum atomic E-state index is -0.586. The van der Waals surface area contributed by atoms with Gasteiger partial charge in [-0.1, -0.05) is 37.3 Å². The third-order valence-corrected chi connectivity index (χ3v) is 5.39. The van der Waals surface area contributed by atoms with Crippen LogP contribution in [-0.4, -0.2) is 60.6 Å². The Balaban J connectivity index is 1.45. The first-order valence-electron chi connectivity index (χ1n) is 8.98. The van der Waals surface area contributed by atoms with Gasteiger partial charge in [-0.2, -0.15) is 0 Å². The van der Waals surface area contributed by atoms with Crippen molar-refractivity contribution >= 4 is 5.91 Å². The smallest absolute Gasteiger partial charge is 0.225 e. The van der Waals surface area contributed by atoms with Gasteiger partial charge in [-0.3, -0.25) is 19.0 Å². The molecule has 0 spiro atoms. The molecule has 0 radical (unpaired) electrons. The summed E-state index contributed by atoms with van der Waals surface area (Å²) in [6.45, 7) is 6.93. The molecule has 2 aliphatic rings. The number of halogens is 1. The summed E-state index contributed by atoms with van der Waals surface area (Å²) in [6.07, 6.45) is 2.27. The molecular weight excluding hydrogens is 305 g/mol. The Kier molecular flexibility index (Phi) is 5.51. The molecule has 1 aromatic rings. The van der Waals surface area contributed by atoms with Crippen LogP contribution in [0.15, 0.2) is 30.3 Å². The predicted octanol–water partition coefficient (Wildman–Crippen LogP) is 2.06. The van der Waals surface area contributed by atoms with Gasteiger partial charge in [-0.05, 0) is 18.4 Å². The molecule has 1 unspecified atom stereocenters. The highest BCUT2D eigenvalue weighted by atomic mass is 19.1. The second-order valence-electron chi connectivity index (χ2n) is 7.25. The molecule has 1 amide bonds. The van der Waals surface area contributed by atoms with Crippen molar-refractivity contribution in [2.24, 2.45) is 5.92 Å². The lowest BCUT2D eigenvalue weighted by molar-refractivity contribution is -0.125. The Labute approximate surface area is 144 Å². The Morgan fingerprint density at radius 3 is 2.46 bits per heavy atom. The summed E-state index contributed by atoms with van der Waals surface area (Å²) in [4.78, 5) is 16.8. The molecule has 0 aromatic heterocycles. The van der Waals surface area contributed by atoms with Gasteiger partial charge in [-0.25, -0.2) is 0 Å². The fourth-order valence-electron chi connectivity index (χ4n) is 3.47. The molecule has 1 aromatic carbocycles. The first-order chi connectivity index (χ1) is 11.6. The van der Waals surface area contributed by atoms with E-state index >= 15 is 0 Å². The van der Waals surface area contributed by atoms with Gasteiger partial charge in [0.1, 0.15) is 6.67 Å².